The summed E-state index contributed by atoms with van der Waals surface area (Å²) in [5, 5.41) is 4.17. The number of hydrogen-bond donors (Lipinski definition) is 1. The van der Waals surface area contributed by atoms with Crippen molar-refractivity contribution >= 4 is 17.9 Å². The number of rotatable bonds is 6. The maximum Gasteiger partial charge on any atom is 0.254 e. The van der Waals surface area contributed by atoms with Gasteiger partial charge < -0.3 is 14.4 Å². The van der Waals surface area contributed by atoms with Crippen molar-refractivity contribution in [2.24, 2.45) is 5.10 Å². The first-order valence-corrected chi connectivity index (χ1v) is 11.6. The number of carbonyl (C=O) groups excluding carboxylic acids is 1. The molecule has 1 N–H and O–H groups in total. The number of carbonyl (C=O) groups is 1. The minimum atomic E-state index is -0.370. The first kappa shape index (κ1) is 25.8. The maximum absolute atomic E-state index is 13.5. The summed E-state index contributed by atoms with van der Waals surface area (Å²) < 4.78 is 24.1. The molecule has 0 bridgehead atoms. The molecular formula is C27H31FN4O3. The van der Waals surface area contributed by atoms with Gasteiger partial charge in [-0.15, -0.1) is 0 Å². The van der Waals surface area contributed by atoms with Gasteiger partial charge in [0.25, 0.3) is 5.91 Å². The number of methoxy groups -OCH3 is 1. The van der Waals surface area contributed by atoms with Crippen LogP contribution in [0.15, 0.2) is 59.8 Å². The molecule has 0 radical (unpaired) electrons. The highest BCUT2D eigenvalue weighted by Gasteiger charge is 2.19. The Kier molecular flexibility index (Phi) is 9.31. The third kappa shape index (κ3) is 6.64. The molecule has 0 saturated carbocycles. The molecule has 1 aliphatic heterocycles. The van der Waals surface area contributed by atoms with Gasteiger partial charge in [-0.2, -0.15) is 5.10 Å². The van der Waals surface area contributed by atoms with Crippen molar-refractivity contribution in [1.82, 2.24) is 9.88 Å². The smallest absolute Gasteiger partial charge is 0.254 e. The fraction of sp³-hybridized carbons (Fsp3) is 0.296. The van der Waals surface area contributed by atoms with Crippen molar-refractivity contribution in [3.05, 3.63) is 77.2 Å². The Morgan fingerprint density at radius 1 is 1.14 bits per heavy atom. The molecule has 0 aliphatic carbocycles. The van der Waals surface area contributed by atoms with Crippen molar-refractivity contribution in [2.75, 3.05) is 38.8 Å². The molecule has 1 amide bonds. The van der Waals surface area contributed by atoms with E-state index >= 15 is 0 Å². The third-order valence-electron chi connectivity index (χ3n) is 5.39. The number of morpholine rings is 1. The van der Waals surface area contributed by atoms with E-state index in [1.807, 2.05) is 56.0 Å². The van der Waals surface area contributed by atoms with E-state index < -0.39 is 0 Å². The predicted molar refractivity (Wildman–Crippen MR) is 137 cm³/mol. The largest absolute Gasteiger partial charge is 0.496 e. The molecule has 4 rings (SSSR count). The molecular weight excluding hydrogens is 447 g/mol. The van der Waals surface area contributed by atoms with E-state index in [1.165, 1.54) is 25.5 Å². The number of aromatic nitrogens is 1. The van der Waals surface area contributed by atoms with Gasteiger partial charge in [0, 0.05) is 36.0 Å². The van der Waals surface area contributed by atoms with Gasteiger partial charge in [-0.3, -0.25) is 10.2 Å². The van der Waals surface area contributed by atoms with Gasteiger partial charge in [-0.05, 0) is 54.4 Å². The maximum atomic E-state index is 13.5. The summed E-state index contributed by atoms with van der Waals surface area (Å²) in [4.78, 5) is 19.1. The second-order valence-corrected chi connectivity index (χ2v) is 7.63. The molecule has 1 aliphatic rings. The van der Waals surface area contributed by atoms with Gasteiger partial charge >= 0.3 is 0 Å². The van der Waals surface area contributed by atoms with Crippen LogP contribution in [0.1, 0.15) is 35.3 Å². The van der Waals surface area contributed by atoms with Crippen LogP contribution in [0.5, 0.6) is 5.75 Å². The zero-order valence-electron chi connectivity index (χ0n) is 20.5. The van der Waals surface area contributed by atoms with Gasteiger partial charge in [0.2, 0.25) is 0 Å². The predicted octanol–water partition coefficient (Wildman–Crippen LogP) is 5.15. The fourth-order valence-corrected chi connectivity index (χ4v) is 3.60. The topological polar surface area (TPSA) is 76.0 Å². The van der Waals surface area contributed by atoms with Crippen LogP contribution in [0, 0.1) is 12.7 Å². The van der Waals surface area contributed by atoms with Crippen LogP contribution in [-0.2, 0) is 4.74 Å². The highest BCUT2D eigenvalue weighted by atomic mass is 19.1. The molecule has 1 saturated heterocycles. The van der Waals surface area contributed by atoms with E-state index in [9.17, 15) is 9.18 Å². The first-order chi connectivity index (χ1) is 17.0. The number of ether oxygens (including phenoxy) is 2. The van der Waals surface area contributed by atoms with Crippen LogP contribution < -0.4 is 10.2 Å². The number of hydrogen-bond acceptors (Lipinski definition) is 6. The molecule has 1 aromatic heterocycles. The summed E-state index contributed by atoms with van der Waals surface area (Å²) in [6.45, 7) is 8.26. The Balaban J connectivity index is 0.00000167. The molecule has 1 fully saturated rings. The van der Waals surface area contributed by atoms with E-state index in [-0.39, 0.29) is 11.7 Å². The minimum Gasteiger partial charge on any atom is -0.496 e. The molecule has 184 valence electrons. The Bertz CT molecular complexity index is 1180. The quantitative estimate of drug-likeness (QED) is 0.392. The summed E-state index contributed by atoms with van der Waals surface area (Å²) in [6, 6.07) is 13.7. The number of amides is 1. The van der Waals surface area contributed by atoms with Crippen LogP contribution >= 0.6 is 0 Å². The normalized spacial score (nSPS) is 13.2. The fourth-order valence-electron chi connectivity index (χ4n) is 3.60. The molecule has 2 aromatic carbocycles. The SMILES string of the molecule is CC.COc1ccc(F)cc1/C=N/Nc1ncc(-c2cccc(C(=O)N3CCOCC3)c2)cc1C. The summed E-state index contributed by atoms with van der Waals surface area (Å²) in [7, 11) is 1.52. The molecule has 35 heavy (non-hydrogen) atoms. The van der Waals surface area contributed by atoms with E-state index in [0.29, 0.717) is 49.0 Å². The second-order valence-electron chi connectivity index (χ2n) is 7.63. The number of nitrogens with one attached hydrogen (secondary N) is 1. The third-order valence-corrected chi connectivity index (χ3v) is 5.39. The number of pyridine rings is 1. The lowest BCUT2D eigenvalue weighted by atomic mass is 10.0. The van der Waals surface area contributed by atoms with Gasteiger partial charge in [0.05, 0.1) is 26.5 Å². The van der Waals surface area contributed by atoms with Crippen LogP contribution in [0.2, 0.25) is 0 Å². The highest BCUT2D eigenvalue weighted by molar-refractivity contribution is 5.95. The Morgan fingerprint density at radius 3 is 2.63 bits per heavy atom. The zero-order valence-corrected chi connectivity index (χ0v) is 20.5. The van der Waals surface area contributed by atoms with Crippen LogP contribution in [0.3, 0.4) is 0 Å². The molecule has 0 unspecified atom stereocenters. The molecule has 8 heteroatoms. The molecule has 0 spiro atoms. The molecule has 0 atom stereocenters. The summed E-state index contributed by atoms with van der Waals surface area (Å²) >= 11 is 0. The van der Waals surface area contributed by atoms with Gasteiger partial charge in [0.15, 0.2) is 0 Å². The van der Waals surface area contributed by atoms with E-state index in [2.05, 4.69) is 15.5 Å². The summed E-state index contributed by atoms with van der Waals surface area (Å²) in [5.74, 6) is 0.731. The number of halogens is 1. The molecule has 3 aromatic rings. The Hall–Kier alpha value is -3.78. The lowest BCUT2D eigenvalue weighted by Crippen LogP contribution is -2.40. The van der Waals surface area contributed by atoms with Crippen LogP contribution in [0.25, 0.3) is 11.1 Å². The highest BCUT2D eigenvalue weighted by Crippen LogP contribution is 2.24. The molecule has 7 nitrogen and oxygen atoms in total. The van der Waals surface area contributed by atoms with Crippen molar-refractivity contribution in [3.63, 3.8) is 0 Å². The van der Waals surface area contributed by atoms with E-state index in [4.69, 9.17) is 9.47 Å². The number of nitrogens with zero attached hydrogens (tertiary/aromatic N) is 3. The Morgan fingerprint density at radius 2 is 1.91 bits per heavy atom. The van der Waals surface area contributed by atoms with E-state index in [0.717, 1.165) is 16.7 Å². The average Bonchev–Trinajstić information content (AvgIpc) is 2.91. The second kappa shape index (κ2) is 12.6. The number of hydrazone groups is 1. The van der Waals surface area contributed by atoms with Crippen LogP contribution in [0.4, 0.5) is 10.2 Å². The van der Waals surface area contributed by atoms with E-state index in [1.54, 1.807) is 12.3 Å². The van der Waals surface area contributed by atoms with Gasteiger partial charge in [-0.25, -0.2) is 9.37 Å². The molecule has 2 heterocycles. The lowest BCUT2D eigenvalue weighted by molar-refractivity contribution is 0.0303. The monoisotopic (exact) mass is 478 g/mol. The minimum absolute atomic E-state index is 0.00484. The summed E-state index contributed by atoms with van der Waals surface area (Å²) in [6.07, 6.45) is 3.21. The van der Waals surface area contributed by atoms with Crippen molar-refractivity contribution in [2.45, 2.75) is 20.8 Å². The number of benzene rings is 2. The zero-order chi connectivity index (χ0) is 25.2. The number of anilines is 1. The average molecular weight is 479 g/mol. The Labute approximate surface area is 205 Å². The lowest BCUT2D eigenvalue weighted by Gasteiger charge is -2.27. The standard InChI is InChI=1S/C25H25FN4O3.C2H6/c1-17-12-20(18-4-3-5-19(13-18)25(31)30-8-10-33-11-9-30)15-27-24(17)29-28-16-21-14-22(26)6-7-23(21)32-2;1-2/h3-7,12-16H,8-11H2,1-2H3,(H,27,29);1-2H3/b28-16+;. The van der Waals surface area contributed by atoms with Crippen molar-refractivity contribution in [3.8, 4) is 16.9 Å². The number of aryl methyl sites for hydroxylation is 1. The summed E-state index contributed by atoms with van der Waals surface area (Å²) in [5.41, 5.74) is 6.72. The first-order valence-electron chi connectivity index (χ1n) is 11.6. The van der Waals surface area contributed by atoms with Gasteiger partial charge in [0.1, 0.15) is 17.4 Å². The van der Waals surface area contributed by atoms with Crippen molar-refractivity contribution < 1.29 is 18.7 Å². The van der Waals surface area contributed by atoms with Gasteiger partial charge in [-0.1, -0.05) is 26.0 Å². The van der Waals surface area contributed by atoms with Crippen molar-refractivity contribution in [1.29, 1.82) is 0 Å². The van der Waals surface area contributed by atoms with Crippen LogP contribution in [-0.4, -0.2) is 55.4 Å².